The number of esters is 2. The average molecular weight is 476 g/mol. The number of methoxy groups -OCH3 is 1. The minimum absolute atomic E-state index is 0.0241. The van der Waals surface area contributed by atoms with Crippen LogP contribution < -0.4 is 4.74 Å². The lowest BCUT2D eigenvalue weighted by Crippen LogP contribution is -2.24. The second-order valence-electron chi connectivity index (χ2n) is 8.78. The van der Waals surface area contributed by atoms with Crippen molar-refractivity contribution in [3.63, 3.8) is 0 Å². The van der Waals surface area contributed by atoms with Crippen molar-refractivity contribution in [2.45, 2.75) is 51.9 Å². The third kappa shape index (κ3) is 6.98. The summed E-state index contributed by atoms with van der Waals surface area (Å²) in [7, 11) is 1.23. The van der Waals surface area contributed by atoms with E-state index in [-0.39, 0.29) is 47.6 Å². The van der Waals surface area contributed by atoms with Gasteiger partial charge in [-0.1, -0.05) is 0 Å². The third-order valence-corrected chi connectivity index (χ3v) is 4.93. The van der Waals surface area contributed by atoms with Gasteiger partial charge in [0.05, 0.1) is 19.3 Å². The van der Waals surface area contributed by atoms with Gasteiger partial charge in [0.2, 0.25) is 5.88 Å². The summed E-state index contributed by atoms with van der Waals surface area (Å²) in [5.74, 6) is -1.83. The summed E-state index contributed by atoms with van der Waals surface area (Å²) in [6.45, 7) is 6.29. The minimum atomic E-state index is -0.697. The molecule has 1 aliphatic heterocycles. The van der Waals surface area contributed by atoms with Gasteiger partial charge < -0.3 is 23.7 Å². The minimum Gasteiger partial charge on any atom is -0.475 e. The van der Waals surface area contributed by atoms with Crippen LogP contribution in [-0.2, 0) is 18.9 Å². The van der Waals surface area contributed by atoms with E-state index in [9.17, 15) is 14.0 Å². The Bertz CT molecular complexity index is 1010. The maximum Gasteiger partial charge on any atom is 0.343 e. The average Bonchev–Trinajstić information content (AvgIpc) is 2.81. The Hall–Kier alpha value is -3.04. The summed E-state index contributed by atoms with van der Waals surface area (Å²) < 4.78 is 41.6. The molecule has 1 aliphatic rings. The molecular weight excluding hydrogens is 445 g/mol. The van der Waals surface area contributed by atoms with Crippen LogP contribution in [0.4, 0.5) is 4.39 Å². The van der Waals surface area contributed by atoms with E-state index < -0.39 is 23.4 Å². The summed E-state index contributed by atoms with van der Waals surface area (Å²) in [6.07, 6.45) is 4.01. The Kier molecular flexibility index (Phi) is 8.57. The molecule has 34 heavy (non-hydrogen) atoms. The first-order valence-electron chi connectivity index (χ1n) is 11.2. The van der Waals surface area contributed by atoms with Gasteiger partial charge in [0.15, 0.2) is 6.29 Å². The van der Waals surface area contributed by atoms with Gasteiger partial charge >= 0.3 is 11.9 Å². The molecule has 1 unspecified atom stereocenters. The van der Waals surface area contributed by atoms with Gasteiger partial charge in [-0.2, -0.15) is 0 Å². The second kappa shape index (κ2) is 11.4. The predicted octanol–water partition coefficient (Wildman–Crippen LogP) is 4.55. The zero-order valence-corrected chi connectivity index (χ0v) is 19.9. The number of pyridine rings is 1. The number of aromatic nitrogens is 1. The number of carbonyl (C=O) groups excluding carboxylic acids is 2. The van der Waals surface area contributed by atoms with Crippen molar-refractivity contribution in [3.05, 3.63) is 47.4 Å². The number of carbonyl (C=O) groups is 2. The molecule has 1 atom stereocenters. The molecule has 0 spiro atoms. The molecule has 0 radical (unpaired) electrons. The van der Waals surface area contributed by atoms with Crippen LogP contribution in [0.25, 0.3) is 11.1 Å². The predicted molar refractivity (Wildman–Crippen MR) is 121 cm³/mol. The van der Waals surface area contributed by atoms with Crippen LogP contribution in [0, 0.1) is 5.82 Å². The Morgan fingerprint density at radius 1 is 1.15 bits per heavy atom. The number of nitrogens with zero attached hydrogens (tertiary/aromatic N) is 1. The van der Waals surface area contributed by atoms with Crippen LogP contribution in [0.1, 0.15) is 60.7 Å². The Morgan fingerprint density at radius 3 is 2.62 bits per heavy atom. The molecule has 9 heteroatoms. The maximum atomic E-state index is 14.6. The lowest BCUT2D eigenvalue weighted by atomic mass is 10.0. The highest BCUT2D eigenvalue weighted by atomic mass is 19.1. The molecule has 2 heterocycles. The summed E-state index contributed by atoms with van der Waals surface area (Å²) in [5, 5.41) is 0. The smallest absolute Gasteiger partial charge is 0.343 e. The monoisotopic (exact) mass is 475 g/mol. The number of benzene rings is 1. The van der Waals surface area contributed by atoms with E-state index in [0.29, 0.717) is 6.61 Å². The molecule has 8 nitrogen and oxygen atoms in total. The van der Waals surface area contributed by atoms with E-state index >= 15 is 0 Å². The van der Waals surface area contributed by atoms with Crippen LogP contribution in [0.15, 0.2) is 30.5 Å². The van der Waals surface area contributed by atoms with Crippen molar-refractivity contribution < 1.29 is 37.7 Å². The quantitative estimate of drug-likeness (QED) is 0.406. The van der Waals surface area contributed by atoms with Gasteiger partial charge in [-0.3, -0.25) is 0 Å². The van der Waals surface area contributed by atoms with E-state index in [2.05, 4.69) is 4.98 Å². The van der Waals surface area contributed by atoms with Crippen molar-refractivity contribution in [2.75, 3.05) is 26.9 Å². The molecule has 0 saturated carbocycles. The standard InChI is InChI=1S/C25H30FNO7/c1-25(2,3)34-23(28)16-8-9-20(26)18(13-16)17-14-19(24(29)30-4)22(27-15-17)33-12-11-32-21-7-5-6-10-31-21/h8-9,13-15,21H,5-7,10-12H2,1-4H3. The summed E-state index contributed by atoms with van der Waals surface area (Å²) in [5.41, 5.74) is -0.131. The fourth-order valence-corrected chi connectivity index (χ4v) is 3.34. The molecule has 1 saturated heterocycles. The van der Waals surface area contributed by atoms with Crippen LogP contribution in [-0.4, -0.2) is 55.7 Å². The SMILES string of the molecule is COC(=O)c1cc(-c2cc(C(=O)OC(C)(C)C)ccc2F)cnc1OCCOC1CCCCO1. The molecule has 0 N–H and O–H groups in total. The highest BCUT2D eigenvalue weighted by molar-refractivity contribution is 5.94. The first kappa shape index (κ1) is 25.6. The molecule has 0 bridgehead atoms. The summed E-state index contributed by atoms with van der Waals surface area (Å²) >= 11 is 0. The molecule has 184 valence electrons. The molecule has 0 aliphatic carbocycles. The highest BCUT2D eigenvalue weighted by Crippen LogP contribution is 2.29. The molecule has 3 rings (SSSR count). The molecule has 0 amide bonds. The number of halogens is 1. The van der Waals surface area contributed by atoms with Crippen molar-refractivity contribution in [1.29, 1.82) is 0 Å². The van der Waals surface area contributed by atoms with Gasteiger partial charge in [0, 0.05) is 23.9 Å². The van der Waals surface area contributed by atoms with Crippen molar-refractivity contribution in [3.8, 4) is 17.0 Å². The van der Waals surface area contributed by atoms with Crippen LogP contribution in [0.2, 0.25) is 0 Å². The lowest BCUT2D eigenvalue weighted by Gasteiger charge is -2.22. The largest absolute Gasteiger partial charge is 0.475 e. The highest BCUT2D eigenvalue weighted by Gasteiger charge is 2.22. The summed E-state index contributed by atoms with van der Waals surface area (Å²) in [6, 6.07) is 5.28. The van der Waals surface area contributed by atoms with Gasteiger partial charge in [-0.05, 0) is 64.3 Å². The fraction of sp³-hybridized carbons (Fsp3) is 0.480. The zero-order chi connectivity index (χ0) is 24.7. The zero-order valence-electron chi connectivity index (χ0n) is 19.9. The number of hydrogen-bond acceptors (Lipinski definition) is 8. The van der Waals surface area contributed by atoms with Crippen LogP contribution in [0.5, 0.6) is 5.88 Å². The van der Waals surface area contributed by atoms with E-state index in [1.807, 2.05) is 0 Å². The topological polar surface area (TPSA) is 93.2 Å². The van der Waals surface area contributed by atoms with Gasteiger partial charge in [0.1, 0.15) is 23.6 Å². The molecule has 1 fully saturated rings. The van der Waals surface area contributed by atoms with E-state index in [1.165, 1.54) is 37.6 Å². The van der Waals surface area contributed by atoms with Crippen molar-refractivity contribution in [1.82, 2.24) is 4.98 Å². The maximum absolute atomic E-state index is 14.6. The van der Waals surface area contributed by atoms with E-state index in [4.69, 9.17) is 23.7 Å². The molecule has 1 aromatic carbocycles. The fourth-order valence-electron chi connectivity index (χ4n) is 3.34. The first-order chi connectivity index (χ1) is 16.2. The number of hydrogen-bond donors (Lipinski definition) is 0. The van der Waals surface area contributed by atoms with E-state index in [1.54, 1.807) is 20.8 Å². The molecule has 1 aromatic heterocycles. The van der Waals surface area contributed by atoms with Crippen LogP contribution >= 0.6 is 0 Å². The summed E-state index contributed by atoms with van der Waals surface area (Å²) in [4.78, 5) is 29.0. The Labute approximate surface area is 198 Å². The van der Waals surface area contributed by atoms with Gasteiger partial charge in [-0.15, -0.1) is 0 Å². The third-order valence-electron chi connectivity index (χ3n) is 4.93. The number of rotatable bonds is 8. The first-order valence-corrected chi connectivity index (χ1v) is 11.2. The van der Waals surface area contributed by atoms with Crippen molar-refractivity contribution in [2.24, 2.45) is 0 Å². The van der Waals surface area contributed by atoms with Crippen molar-refractivity contribution >= 4 is 11.9 Å². The van der Waals surface area contributed by atoms with Gasteiger partial charge in [-0.25, -0.2) is 19.0 Å². The lowest BCUT2D eigenvalue weighted by molar-refractivity contribution is -0.165. The molecule has 2 aromatic rings. The Morgan fingerprint density at radius 2 is 1.94 bits per heavy atom. The second-order valence-corrected chi connectivity index (χ2v) is 8.78. The van der Waals surface area contributed by atoms with Crippen LogP contribution in [0.3, 0.4) is 0 Å². The normalized spacial score (nSPS) is 16.1. The molecular formula is C25H30FNO7. The van der Waals surface area contributed by atoms with E-state index in [0.717, 1.165) is 19.3 Å². The Balaban J connectivity index is 1.78. The van der Waals surface area contributed by atoms with Gasteiger partial charge in [0.25, 0.3) is 0 Å². The number of ether oxygens (including phenoxy) is 5.